The first-order valence-electron chi connectivity index (χ1n) is 8.16. The molecule has 0 aromatic heterocycles. The minimum Gasteiger partial charge on any atom is -0.507 e. The molecule has 1 saturated heterocycles. The fraction of sp³-hybridized carbons (Fsp3) is 0.143. The van der Waals surface area contributed by atoms with Crippen LogP contribution in [-0.2, 0) is 9.59 Å². The average Bonchev–Trinajstić information content (AvgIpc) is 2.87. The number of hydrogen-bond acceptors (Lipinski definition) is 3. The summed E-state index contributed by atoms with van der Waals surface area (Å²) in [5.74, 6) is -2.29. The van der Waals surface area contributed by atoms with E-state index in [2.05, 4.69) is 6.58 Å². The van der Waals surface area contributed by atoms with Crippen LogP contribution < -0.4 is 0 Å². The van der Waals surface area contributed by atoms with Crippen molar-refractivity contribution in [1.82, 2.24) is 4.90 Å². The molecule has 1 amide bonds. The maximum atomic E-state index is 13.7. The lowest BCUT2D eigenvalue weighted by Gasteiger charge is -2.24. The summed E-state index contributed by atoms with van der Waals surface area (Å²) in [6, 6.07) is 11.7. The molecule has 1 heterocycles. The van der Waals surface area contributed by atoms with Gasteiger partial charge in [-0.25, -0.2) is 4.39 Å². The number of benzene rings is 2. The van der Waals surface area contributed by atoms with Gasteiger partial charge in [0.1, 0.15) is 11.6 Å². The van der Waals surface area contributed by atoms with E-state index in [1.54, 1.807) is 30.3 Å². The van der Waals surface area contributed by atoms with E-state index in [-0.39, 0.29) is 17.9 Å². The van der Waals surface area contributed by atoms with Crippen LogP contribution in [0.3, 0.4) is 0 Å². The number of halogens is 1. The highest BCUT2D eigenvalue weighted by Crippen LogP contribution is 2.39. The largest absolute Gasteiger partial charge is 0.507 e. The highest BCUT2D eigenvalue weighted by molar-refractivity contribution is 6.46. The minimum atomic E-state index is -0.870. The Morgan fingerprint density at radius 3 is 2.54 bits per heavy atom. The molecule has 132 valence electrons. The zero-order chi connectivity index (χ0) is 18.8. The third-order valence-electron chi connectivity index (χ3n) is 4.36. The third kappa shape index (κ3) is 3.04. The summed E-state index contributed by atoms with van der Waals surface area (Å²) in [6.07, 6.45) is 1.49. The first kappa shape index (κ1) is 17.6. The molecule has 1 fully saturated rings. The molecule has 0 saturated carbocycles. The van der Waals surface area contributed by atoms with Crippen LogP contribution in [0.2, 0.25) is 0 Å². The first-order chi connectivity index (χ1) is 12.4. The molecule has 1 aliphatic heterocycles. The Morgan fingerprint density at radius 1 is 1.23 bits per heavy atom. The lowest BCUT2D eigenvalue weighted by atomic mass is 9.95. The molecular weight excluding hydrogens is 333 g/mol. The van der Waals surface area contributed by atoms with E-state index in [1.165, 1.54) is 29.2 Å². The van der Waals surface area contributed by atoms with E-state index in [0.717, 1.165) is 5.56 Å². The number of aryl methyl sites for hydroxylation is 1. The van der Waals surface area contributed by atoms with Gasteiger partial charge in [-0.3, -0.25) is 9.59 Å². The van der Waals surface area contributed by atoms with E-state index in [9.17, 15) is 19.1 Å². The van der Waals surface area contributed by atoms with E-state index < -0.39 is 23.5 Å². The Balaban J connectivity index is 2.21. The van der Waals surface area contributed by atoms with Gasteiger partial charge in [-0.1, -0.05) is 48.0 Å². The van der Waals surface area contributed by atoms with Crippen LogP contribution in [0.1, 0.15) is 22.7 Å². The normalized spacial score (nSPS) is 19.0. The molecule has 0 aliphatic carbocycles. The quantitative estimate of drug-likeness (QED) is 0.395. The van der Waals surface area contributed by atoms with E-state index in [1.807, 2.05) is 6.92 Å². The Kier molecular flexibility index (Phi) is 4.71. The van der Waals surface area contributed by atoms with Gasteiger partial charge >= 0.3 is 0 Å². The summed E-state index contributed by atoms with van der Waals surface area (Å²) in [4.78, 5) is 26.3. The van der Waals surface area contributed by atoms with Crippen molar-refractivity contribution in [2.24, 2.45) is 0 Å². The van der Waals surface area contributed by atoms with Crippen LogP contribution in [0, 0.1) is 12.7 Å². The zero-order valence-electron chi connectivity index (χ0n) is 14.3. The smallest absolute Gasteiger partial charge is 0.295 e. The Hall–Kier alpha value is -3.21. The Morgan fingerprint density at radius 2 is 1.92 bits per heavy atom. The monoisotopic (exact) mass is 351 g/mol. The Bertz CT molecular complexity index is 915. The van der Waals surface area contributed by atoms with Crippen LogP contribution in [-0.4, -0.2) is 28.2 Å². The predicted octanol–water partition coefficient (Wildman–Crippen LogP) is 3.74. The lowest BCUT2D eigenvalue weighted by Crippen LogP contribution is -2.29. The van der Waals surface area contributed by atoms with Crippen molar-refractivity contribution >= 4 is 17.4 Å². The fourth-order valence-corrected chi connectivity index (χ4v) is 3.10. The number of amides is 1. The van der Waals surface area contributed by atoms with Crippen LogP contribution >= 0.6 is 0 Å². The van der Waals surface area contributed by atoms with Crippen molar-refractivity contribution < 1.29 is 19.1 Å². The number of hydrogen-bond donors (Lipinski definition) is 1. The lowest BCUT2D eigenvalue weighted by molar-refractivity contribution is -0.139. The summed E-state index contributed by atoms with van der Waals surface area (Å²) < 4.78 is 13.7. The van der Waals surface area contributed by atoms with Gasteiger partial charge in [-0.05, 0) is 24.6 Å². The average molecular weight is 351 g/mol. The van der Waals surface area contributed by atoms with Gasteiger partial charge in [0.2, 0.25) is 0 Å². The molecule has 0 bridgehead atoms. The number of aliphatic hydroxyl groups excluding tert-OH is 1. The van der Waals surface area contributed by atoms with Gasteiger partial charge in [0.05, 0.1) is 11.6 Å². The highest BCUT2D eigenvalue weighted by Gasteiger charge is 2.45. The van der Waals surface area contributed by atoms with E-state index in [4.69, 9.17) is 0 Å². The number of ketones is 1. The molecule has 1 unspecified atom stereocenters. The number of likely N-dealkylation sites (tertiary alicyclic amines) is 1. The molecule has 0 radical (unpaired) electrons. The molecule has 4 nitrogen and oxygen atoms in total. The minimum absolute atomic E-state index is 0.0497. The van der Waals surface area contributed by atoms with E-state index in [0.29, 0.717) is 11.1 Å². The number of nitrogens with zero attached hydrogens (tertiary/aromatic N) is 1. The summed E-state index contributed by atoms with van der Waals surface area (Å²) in [6.45, 7) is 5.62. The predicted molar refractivity (Wildman–Crippen MR) is 96.8 cm³/mol. The second kappa shape index (κ2) is 6.96. The molecule has 26 heavy (non-hydrogen) atoms. The number of carbonyl (C=O) groups excluding carboxylic acids is 2. The maximum Gasteiger partial charge on any atom is 0.295 e. The molecular formula is C21H18FNO3. The highest BCUT2D eigenvalue weighted by atomic mass is 19.1. The van der Waals surface area contributed by atoms with Gasteiger partial charge in [0, 0.05) is 12.1 Å². The van der Waals surface area contributed by atoms with Crippen LogP contribution in [0.15, 0.2) is 66.8 Å². The van der Waals surface area contributed by atoms with Crippen LogP contribution in [0.4, 0.5) is 4.39 Å². The molecule has 5 heteroatoms. The molecule has 1 aliphatic rings. The molecule has 3 rings (SSSR count). The number of aliphatic hydroxyl groups is 1. The number of rotatable bonds is 4. The van der Waals surface area contributed by atoms with Crippen molar-refractivity contribution in [3.8, 4) is 0 Å². The van der Waals surface area contributed by atoms with Crippen molar-refractivity contribution in [2.45, 2.75) is 13.0 Å². The summed E-state index contributed by atoms with van der Waals surface area (Å²) in [5.41, 5.74) is 1.79. The van der Waals surface area contributed by atoms with E-state index >= 15 is 0 Å². The van der Waals surface area contributed by atoms with Crippen molar-refractivity contribution in [2.75, 3.05) is 6.54 Å². The standard InChI is InChI=1S/C21H18FNO3/c1-3-11-23-18(15-5-4-6-16(22)12-15)17(20(25)21(23)26)19(24)14-9-7-13(2)8-10-14/h3-10,12,18,24H,1,11H2,2H3/b19-17-. The van der Waals surface area contributed by atoms with Gasteiger partial charge in [-0.2, -0.15) is 0 Å². The van der Waals surface area contributed by atoms with Gasteiger partial charge in [0.25, 0.3) is 11.7 Å². The van der Waals surface area contributed by atoms with Gasteiger partial charge < -0.3 is 10.0 Å². The summed E-state index contributed by atoms with van der Waals surface area (Å²) in [5, 5.41) is 10.7. The topological polar surface area (TPSA) is 57.6 Å². The molecule has 2 aromatic carbocycles. The first-order valence-corrected chi connectivity index (χ1v) is 8.16. The maximum absolute atomic E-state index is 13.7. The second-order valence-corrected chi connectivity index (χ2v) is 6.16. The van der Waals surface area contributed by atoms with Gasteiger partial charge in [0.15, 0.2) is 0 Å². The van der Waals surface area contributed by atoms with Crippen molar-refractivity contribution in [3.63, 3.8) is 0 Å². The zero-order valence-corrected chi connectivity index (χ0v) is 14.3. The number of Topliss-reactive ketones (excluding diaryl/α,β-unsaturated/α-hetero) is 1. The van der Waals surface area contributed by atoms with Crippen LogP contribution in [0.5, 0.6) is 0 Å². The van der Waals surface area contributed by atoms with Crippen molar-refractivity contribution in [3.05, 3.63) is 89.3 Å². The molecule has 1 N–H and O–H groups in total. The SMILES string of the molecule is C=CCN1C(=O)C(=O)/C(=C(\O)c2ccc(C)cc2)C1c1cccc(F)c1. The number of carbonyl (C=O) groups is 2. The second-order valence-electron chi connectivity index (χ2n) is 6.16. The fourth-order valence-electron chi connectivity index (χ4n) is 3.10. The molecule has 0 spiro atoms. The third-order valence-corrected chi connectivity index (χ3v) is 4.36. The Labute approximate surface area is 150 Å². The van der Waals surface area contributed by atoms with Crippen molar-refractivity contribution in [1.29, 1.82) is 0 Å². The summed E-state index contributed by atoms with van der Waals surface area (Å²) in [7, 11) is 0. The summed E-state index contributed by atoms with van der Waals surface area (Å²) >= 11 is 0. The van der Waals surface area contributed by atoms with Crippen LogP contribution in [0.25, 0.3) is 5.76 Å². The molecule has 1 atom stereocenters. The molecule has 2 aromatic rings. The van der Waals surface area contributed by atoms with Gasteiger partial charge in [-0.15, -0.1) is 6.58 Å².